The van der Waals surface area contributed by atoms with E-state index in [1.165, 1.54) is 11.1 Å². The van der Waals surface area contributed by atoms with Crippen LogP contribution in [0.2, 0.25) is 0 Å². The number of pyridine rings is 1. The maximum Gasteiger partial charge on any atom is 0.0966 e. The molecule has 1 heterocycles. The molecule has 3 aromatic carbocycles. The Bertz CT molecular complexity index is 1350. The predicted molar refractivity (Wildman–Crippen MR) is 140 cm³/mol. The van der Waals surface area contributed by atoms with E-state index in [0.717, 1.165) is 50.9 Å². The minimum Gasteiger partial charge on any atom is -0.251 e. The van der Waals surface area contributed by atoms with Crippen molar-refractivity contribution in [2.45, 2.75) is 34.6 Å². The summed E-state index contributed by atoms with van der Waals surface area (Å²) in [5.74, 6) is 0. The van der Waals surface area contributed by atoms with Crippen molar-refractivity contribution >= 4 is 22.8 Å². The molecule has 0 saturated carbocycles. The molecule has 0 spiro atoms. The molecule has 0 aliphatic carbocycles. The lowest BCUT2D eigenvalue weighted by Gasteiger charge is -2.11. The molecule has 0 saturated heterocycles. The maximum atomic E-state index is 5.06. The van der Waals surface area contributed by atoms with Gasteiger partial charge in [-0.2, -0.15) is 0 Å². The fourth-order valence-corrected chi connectivity index (χ4v) is 3.85. The second-order valence-corrected chi connectivity index (χ2v) is 8.51. The first-order valence-corrected chi connectivity index (χ1v) is 11.2. The van der Waals surface area contributed by atoms with Crippen molar-refractivity contribution in [1.82, 2.24) is 4.98 Å². The van der Waals surface area contributed by atoms with Crippen LogP contribution in [0.25, 0.3) is 0 Å². The van der Waals surface area contributed by atoms with Crippen LogP contribution in [0.15, 0.2) is 94.9 Å². The number of aliphatic imine (C=N–C) groups is 2. The molecule has 0 atom stereocenters. The van der Waals surface area contributed by atoms with Crippen LogP contribution in [0.3, 0.4) is 0 Å². The first-order valence-electron chi connectivity index (χ1n) is 11.2. The van der Waals surface area contributed by atoms with E-state index in [9.17, 15) is 0 Å². The van der Waals surface area contributed by atoms with Crippen LogP contribution in [-0.2, 0) is 0 Å². The topological polar surface area (TPSA) is 37.6 Å². The van der Waals surface area contributed by atoms with Crippen LogP contribution < -0.4 is 0 Å². The highest BCUT2D eigenvalue weighted by molar-refractivity contribution is 6.13. The first kappa shape index (κ1) is 22.3. The number of aromatic nitrogens is 1. The highest BCUT2D eigenvalue weighted by Crippen LogP contribution is 2.24. The molecule has 0 amide bonds. The van der Waals surface area contributed by atoms with Crippen LogP contribution in [0.4, 0.5) is 11.4 Å². The van der Waals surface area contributed by atoms with Crippen molar-refractivity contribution in [2.24, 2.45) is 9.98 Å². The van der Waals surface area contributed by atoms with Gasteiger partial charge >= 0.3 is 0 Å². The summed E-state index contributed by atoms with van der Waals surface area (Å²) < 4.78 is 0. The normalized spacial score (nSPS) is 12.2. The zero-order chi connectivity index (χ0) is 23.4. The van der Waals surface area contributed by atoms with Gasteiger partial charge in [-0.05, 0) is 70.0 Å². The predicted octanol–water partition coefficient (Wildman–Crippen LogP) is 7.63. The molecule has 33 heavy (non-hydrogen) atoms. The zero-order valence-electron chi connectivity index (χ0n) is 19.9. The second-order valence-electron chi connectivity index (χ2n) is 8.51. The van der Waals surface area contributed by atoms with Crippen LogP contribution in [-0.4, -0.2) is 16.4 Å². The van der Waals surface area contributed by atoms with E-state index in [-0.39, 0.29) is 0 Å². The number of rotatable bonds is 5. The molecule has 4 rings (SSSR count). The summed E-state index contributed by atoms with van der Waals surface area (Å²) in [7, 11) is 0. The van der Waals surface area contributed by atoms with Crippen LogP contribution in [0.1, 0.15) is 46.1 Å². The Morgan fingerprint density at radius 3 is 1.79 bits per heavy atom. The molecule has 3 nitrogen and oxygen atoms in total. The van der Waals surface area contributed by atoms with Crippen LogP contribution >= 0.6 is 0 Å². The highest BCUT2D eigenvalue weighted by Gasteiger charge is 2.12. The van der Waals surface area contributed by atoms with Gasteiger partial charge in [0.25, 0.3) is 0 Å². The number of nitrogens with zero attached hydrogens (tertiary/aromatic N) is 3. The molecule has 0 fully saturated rings. The van der Waals surface area contributed by atoms with Crippen molar-refractivity contribution in [3.05, 3.63) is 124 Å². The van der Waals surface area contributed by atoms with E-state index in [0.29, 0.717) is 0 Å². The third-order valence-electron chi connectivity index (χ3n) is 5.63. The average Bonchev–Trinajstić information content (AvgIpc) is 2.81. The van der Waals surface area contributed by atoms with E-state index in [1.807, 2.05) is 43.3 Å². The quantitative estimate of drug-likeness (QED) is 0.299. The third-order valence-corrected chi connectivity index (χ3v) is 5.63. The smallest absolute Gasteiger partial charge is 0.0966 e. The molecule has 4 aromatic rings. The maximum absolute atomic E-state index is 5.06. The number of hydrogen-bond donors (Lipinski definition) is 0. The lowest BCUT2D eigenvalue weighted by Crippen LogP contribution is -2.09. The van der Waals surface area contributed by atoms with Gasteiger partial charge in [-0.25, -0.2) is 9.98 Å². The molecule has 3 heteroatoms. The first-order chi connectivity index (χ1) is 15.9. The number of hydrogen-bond acceptors (Lipinski definition) is 3. The second kappa shape index (κ2) is 9.74. The Hall–Kier alpha value is -3.85. The Morgan fingerprint density at radius 2 is 1.18 bits per heavy atom. The van der Waals surface area contributed by atoms with Gasteiger partial charge in [-0.1, -0.05) is 71.8 Å². The van der Waals surface area contributed by atoms with Gasteiger partial charge in [-0.3, -0.25) is 4.99 Å². The van der Waals surface area contributed by atoms with Gasteiger partial charge in [0.05, 0.1) is 34.2 Å². The largest absolute Gasteiger partial charge is 0.251 e. The summed E-state index contributed by atoms with van der Waals surface area (Å²) in [6.07, 6.45) is 0. The van der Waals surface area contributed by atoms with Gasteiger partial charge in [0.2, 0.25) is 0 Å². The monoisotopic (exact) mass is 431 g/mol. The van der Waals surface area contributed by atoms with Crippen molar-refractivity contribution < 1.29 is 0 Å². The minimum absolute atomic E-state index is 0.828. The molecular formula is C30H29N3. The lowest BCUT2D eigenvalue weighted by molar-refractivity contribution is 1.23. The lowest BCUT2D eigenvalue weighted by atomic mass is 10.0. The number of aryl methyl sites for hydroxylation is 4. The fraction of sp³-hybridized carbons (Fsp3) is 0.167. The van der Waals surface area contributed by atoms with Gasteiger partial charge < -0.3 is 0 Å². The van der Waals surface area contributed by atoms with E-state index in [2.05, 4.69) is 76.2 Å². The summed E-state index contributed by atoms with van der Waals surface area (Å²) in [6, 6.07) is 28.9. The van der Waals surface area contributed by atoms with E-state index >= 15 is 0 Å². The molecule has 164 valence electrons. The van der Waals surface area contributed by atoms with Crippen LogP contribution in [0, 0.1) is 27.7 Å². The van der Waals surface area contributed by atoms with Gasteiger partial charge in [-0.15, -0.1) is 0 Å². The van der Waals surface area contributed by atoms with Gasteiger partial charge in [0.1, 0.15) is 0 Å². The van der Waals surface area contributed by atoms with Crippen LogP contribution in [0.5, 0.6) is 0 Å². The minimum atomic E-state index is 0.828. The molecule has 0 aliphatic heterocycles. The molecule has 0 aliphatic rings. The summed E-state index contributed by atoms with van der Waals surface area (Å²) >= 11 is 0. The summed E-state index contributed by atoms with van der Waals surface area (Å²) in [5.41, 5.74) is 11.1. The molecule has 0 N–H and O–H groups in total. The van der Waals surface area contributed by atoms with E-state index in [4.69, 9.17) is 15.0 Å². The van der Waals surface area contributed by atoms with Crippen molar-refractivity contribution in [3.63, 3.8) is 0 Å². The molecule has 0 unspecified atom stereocenters. The van der Waals surface area contributed by atoms with E-state index in [1.54, 1.807) is 0 Å². The SMILES string of the molecule is CC(=Nc1ccc(C)cc1C)c1cccc(C(=Nc2ccc(C)cc2C)c2ccccc2)n1. The molecular weight excluding hydrogens is 402 g/mol. The van der Waals surface area contributed by atoms with E-state index < -0.39 is 0 Å². The van der Waals surface area contributed by atoms with Crippen molar-refractivity contribution in [1.29, 1.82) is 0 Å². The number of benzene rings is 3. The summed E-state index contributed by atoms with van der Waals surface area (Å²) in [6.45, 7) is 10.4. The van der Waals surface area contributed by atoms with Gasteiger partial charge in [0, 0.05) is 5.56 Å². The summed E-state index contributed by atoms with van der Waals surface area (Å²) in [4.78, 5) is 14.9. The summed E-state index contributed by atoms with van der Waals surface area (Å²) in [5, 5.41) is 0. The Balaban J connectivity index is 1.80. The fourth-order valence-electron chi connectivity index (χ4n) is 3.85. The highest BCUT2D eigenvalue weighted by atomic mass is 14.8. The molecule has 1 aromatic heterocycles. The standard InChI is InChI=1S/C30H29N3/c1-20-14-16-26(22(3)18-20)31-24(5)28-12-9-13-29(32-28)30(25-10-7-6-8-11-25)33-27-17-15-21(2)19-23(27)4/h6-19H,1-5H3. The Morgan fingerprint density at radius 1 is 0.606 bits per heavy atom. The Labute approximate surface area is 196 Å². The third kappa shape index (κ3) is 5.32. The average molecular weight is 432 g/mol. The molecule has 0 radical (unpaired) electrons. The molecule has 0 bridgehead atoms. The van der Waals surface area contributed by atoms with Gasteiger partial charge in [0.15, 0.2) is 0 Å². The van der Waals surface area contributed by atoms with Crippen molar-refractivity contribution in [2.75, 3.05) is 0 Å². The zero-order valence-corrected chi connectivity index (χ0v) is 19.9. The van der Waals surface area contributed by atoms with Crippen molar-refractivity contribution in [3.8, 4) is 0 Å². The Kier molecular flexibility index (Phi) is 6.60.